The maximum atomic E-state index is 14.8. The molecule has 48 heavy (non-hydrogen) atoms. The van der Waals surface area contributed by atoms with Gasteiger partial charge in [0.25, 0.3) is 0 Å². The number of anilines is 2. The van der Waals surface area contributed by atoms with Gasteiger partial charge in [0, 0.05) is 48.7 Å². The molecule has 0 bridgehead atoms. The van der Waals surface area contributed by atoms with Crippen LogP contribution >= 0.6 is 0 Å². The van der Waals surface area contributed by atoms with Crippen LogP contribution in [0.1, 0.15) is 32.8 Å². The topological polar surface area (TPSA) is 122 Å². The second kappa shape index (κ2) is 13.7. The third-order valence-electron chi connectivity index (χ3n) is 7.43. The number of aliphatic hydroxyl groups excluding tert-OH is 1. The number of rotatable bonds is 8. The fourth-order valence-electron chi connectivity index (χ4n) is 5.23. The summed E-state index contributed by atoms with van der Waals surface area (Å²) in [5.74, 6) is -0.226. The number of aliphatic hydroxyl groups is 1. The summed E-state index contributed by atoms with van der Waals surface area (Å²) in [7, 11) is 0. The summed E-state index contributed by atoms with van der Waals surface area (Å²) < 4.78 is 79.9. The number of benzene rings is 2. The van der Waals surface area contributed by atoms with Gasteiger partial charge in [0.2, 0.25) is 11.8 Å². The lowest BCUT2D eigenvalue weighted by atomic mass is 10.0. The molecule has 0 spiro atoms. The molecular formula is C33H35F5N6O4. The summed E-state index contributed by atoms with van der Waals surface area (Å²) in [4.78, 5) is 27.2. The first-order valence-corrected chi connectivity index (χ1v) is 15.1. The SMILES string of the molecule is Cc1ccc2c(NC[C@H](O)C(F)(F)F)c(F)ccc2c1Oc1ncccc1-c1ccnc(N[C@H]2C[C@H](F)CN(C(=O)OC(C)(C)C)C2)n1. The number of amides is 1. The van der Waals surface area contributed by atoms with E-state index in [4.69, 9.17) is 9.47 Å². The Morgan fingerprint density at radius 3 is 2.54 bits per heavy atom. The predicted molar refractivity (Wildman–Crippen MR) is 169 cm³/mol. The van der Waals surface area contributed by atoms with Crippen molar-refractivity contribution in [2.75, 3.05) is 30.3 Å². The van der Waals surface area contributed by atoms with Crippen LogP contribution in [0.25, 0.3) is 22.0 Å². The Bertz CT molecular complexity index is 1780. The zero-order valence-corrected chi connectivity index (χ0v) is 26.6. The van der Waals surface area contributed by atoms with Crippen LogP contribution in [0.3, 0.4) is 0 Å². The van der Waals surface area contributed by atoms with Crippen LogP contribution in [-0.4, -0.2) is 80.8 Å². The lowest BCUT2D eigenvalue weighted by Gasteiger charge is -2.36. The van der Waals surface area contributed by atoms with Crippen molar-refractivity contribution in [2.24, 2.45) is 0 Å². The Morgan fingerprint density at radius 2 is 1.81 bits per heavy atom. The van der Waals surface area contributed by atoms with Gasteiger partial charge in [-0.25, -0.2) is 28.5 Å². The van der Waals surface area contributed by atoms with E-state index in [0.717, 1.165) is 6.07 Å². The van der Waals surface area contributed by atoms with Crippen LogP contribution in [0, 0.1) is 12.7 Å². The van der Waals surface area contributed by atoms with Crippen molar-refractivity contribution in [1.29, 1.82) is 0 Å². The summed E-state index contributed by atoms with van der Waals surface area (Å²) in [5.41, 5.74) is 0.529. The number of carbonyl (C=O) groups is 1. The van der Waals surface area contributed by atoms with E-state index in [1.807, 2.05) is 0 Å². The monoisotopic (exact) mass is 674 g/mol. The fourth-order valence-corrected chi connectivity index (χ4v) is 5.23. The minimum atomic E-state index is -4.88. The van der Waals surface area contributed by atoms with E-state index in [2.05, 4.69) is 25.6 Å². The smallest absolute Gasteiger partial charge is 0.416 e. The number of hydrogen-bond donors (Lipinski definition) is 3. The molecule has 4 aromatic rings. The van der Waals surface area contributed by atoms with Gasteiger partial charge in [0.15, 0.2) is 6.10 Å². The molecule has 1 amide bonds. The van der Waals surface area contributed by atoms with Crippen molar-refractivity contribution in [3.05, 3.63) is 66.2 Å². The minimum absolute atomic E-state index is 0.0856. The molecule has 3 atom stereocenters. The Labute approximate surface area is 273 Å². The van der Waals surface area contributed by atoms with E-state index >= 15 is 0 Å². The zero-order chi connectivity index (χ0) is 34.8. The molecular weight excluding hydrogens is 639 g/mol. The molecule has 1 aliphatic heterocycles. The highest BCUT2D eigenvalue weighted by Gasteiger charge is 2.38. The molecule has 3 heterocycles. The molecule has 256 valence electrons. The predicted octanol–water partition coefficient (Wildman–Crippen LogP) is 7.03. The highest BCUT2D eigenvalue weighted by molar-refractivity contribution is 5.99. The van der Waals surface area contributed by atoms with E-state index in [1.54, 1.807) is 58.0 Å². The number of fused-ring (bicyclic) bond motifs is 1. The molecule has 5 rings (SSSR count). The molecule has 3 N–H and O–H groups in total. The van der Waals surface area contributed by atoms with Crippen LogP contribution in [0.2, 0.25) is 0 Å². The second-order valence-electron chi connectivity index (χ2n) is 12.5. The first-order valence-electron chi connectivity index (χ1n) is 15.1. The average Bonchev–Trinajstić information content (AvgIpc) is 3.00. The summed E-state index contributed by atoms with van der Waals surface area (Å²) in [6, 6.07) is 10.2. The normalized spacial score (nSPS) is 17.6. The van der Waals surface area contributed by atoms with E-state index in [-0.39, 0.29) is 48.2 Å². The van der Waals surface area contributed by atoms with Crippen LogP contribution in [-0.2, 0) is 4.74 Å². The highest BCUT2D eigenvalue weighted by Crippen LogP contribution is 2.39. The number of nitrogens with one attached hydrogen (secondary N) is 2. The minimum Gasteiger partial charge on any atom is -0.444 e. The number of carbonyl (C=O) groups excluding carboxylic acids is 1. The van der Waals surface area contributed by atoms with Gasteiger partial charge in [-0.3, -0.25) is 0 Å². The van der Waals surface area contributed by atoms with Gasteiger partial charge >= 0.3 is 12.3 Å². The number of aromatic nitrogens is 3. The Hall–Kier alpha value is -4.79. The number of nitrogens with zero attached hydrogens (tertiary/aromatic N) is 4. The number of likely N-dealkylation sites (tertiary alicyclic amines) is 1. The van der Waals surface area contributed by atoms with Gasteiger partial charge in [0.05, 0.1) is 23.5 Å². The maximum Gasteiger partial charge on any atom is 0.416 e. The molecule has 0 aliphatic carbocycles. The first-order chi connectivity index (χ1) is 22.6. The van der Waals surface area contributed by atoms with E-state index in [9.17, 15) is 31.9 Å². The standard InChI is InChI=1S/C33H35F5N6O4/c1-18-7-8-21-22(9-10-24(35)27(21)41-15-26(45)33(36,37)38)28(18)47-29-23(6-5-12-39-29)25-11-13-40-30(43-25)42-20-14-19(34)16-44(17-20)31(46)48-32(2,3)4/h5-13,19-20,26,41,45H,14-17H2,1-4H3,(H,40,42,43)/t19-,20-,26-/m0/s1. The molecule has 1 fully saturated rings. The van der Waals surface area contributed by atoms with Crippen LogP contribution < -0.4 is 15.4 Å². The van der Waals surface area contributed by atoms with Crippen LogP contribution in [0.15, 0.2) is 54.9 Å². The van der Waals surface area contributed by atoms with E-state index in [1.165, 1.54) is 23.4 Å². The summed E-state index contributed by atoms with van der Waals surface area (Å²) in [5, 5.41) is 15.5. The number of ether oxygens (including phenoxy) is 2. The summed E-state index contributed by atoms with van der Waals surface area (Å²) >= 11 is 0. The zero-order valence-electron chi connectivity index (χ0n) is 26.6. The molecule has 0 radical (unpaired) electrons. The van der Waals surface area contributed by atoms with E-state index < -0.39 is 48.6 Å². The van der Waals surface area contributed by atoms with Crippen LogP contribution in [0.5, 0.6) is 11.6 Å². The average molecular weight is 675 g/mol. The quantitative estimate of drug-likeness (QED) is 0.169. The molecule has 15 heteroatoms. The van der Waals surface area contributed by atoms with Crippen molar-refractivity contribution in [2.45, 2.75) is 64.2 Å². The van der Waals surface area contributed by atoms with Crippen LogP contribution in [0.4, 0.5) is 38.4 Å². The lowest BCUT2D eigenvalue weighted by molar-refractivity contribution is -0.198. The molecule has 0 unspecified atom stereocenters. The molecule has 0 saturated carbocycles. The molecule has 1 saturated heterocycles. The van der Waals surface area contributed by atoms with Gasteiger partial charge in [-0.2, -0.15) is 13.2 Å². The molecule has 2 aromatic heterocycles. The van der Waals surface area contributed by atoms with Gasteiger partial charge in [0.1, 0.15) is 23.3 Å². The van der Waals surface area contributed by atoms with Crippen molar-refractivity contribution in [1.82, 2.24) is 19.9 Å². The summed E-state index contributed by atoms with van der Waals surface area (Å²) in [6.45, 7) is 6.09. The molecule has 1 aliphatic rings. The third-order valence-corrected chi connectivity index (χ3v) is 7.43. The summed E-state index contributed by atoms with van der Waals surface area (Å²) in [6.07, 6.45) is -6.35. The molecule has 2 aromatic carbocycles. The Morgan fingerprint density at radius 1 is 1.06 bits per heavy atom. The van der Waals surface area contributed by atoms with Crippen molar-refractivity contribution < 1.29 is 41.3 Å². The number of pyridine rings is 1. The first kappa shape index (κ1) is 34.5. The number of alkyl halides is 4. The Balaban J connectivity index is 1.40. The maximum absolute atomic E-state index is 14.8. The number of aryl methyl sites for hydroxylation is 1. The van der Waals surface area contributed by atoms with Crippen molar-refractivity contribution in [3.8, 4) is 22.9 Å². The second-order valence-corrected chi connectivity index (χ2v) is 12.5. The molecule has 10 nitrogen and oxygen atoms in total. The van der Waals surface area contributed by atoms with Gasteiger partial charge in [-0.1, -0.05) is 12.1 Å². The van der Waals surface area contributed by atoms with Gasteiger partial charge in [-0.15, -0.1) is 0 Å². The number of piperidine rings is 1. The largest absolute Gasteiger partial charge is 0.444 e. The third kappa shape index (κ3) is 8.19. The lowest BCUT2D eigenvalue weighted by Crippen LogP contribution is -2.51. The van der Waals surface area contributed by atoms with E-state index in [0.29, 0.717) is 22.2 Å². The fraction of sp³-hybridized carbons (Fsp3) is 0.394. The number of hydrogen-bond acceptors (Lipinski definition) is 9. The van der Waals surface area contributed by atoms with Gasteiger partial charge < -0.3 is 30.1 Å². The van der Waals surface area contributed by atoms with Crippen molar-refractivity contribution in [3.63, 3.8) is 0 Å². The van der Waals surface area contributed by atoms with Gasteiger partial charge in [-0.05, 0) is 63.6 Å². The Kier molecular flexibility index (Phi) is 9.89. The number of halogens is 5. The van der Waals surface area contributed by atoms with Crippen molar-refractivity contribution >= 4 is 28.5 Å². The highest BCUT2D eigenvalue weighted by atomic mass is 19.4.